The maximum Gasteiger partial charge on any atom is 0.178 e. The van der Waals surface area contributed by atoms with Crippen molar-refractivity contribution in [3.05, 3.63) is 52.8 Å². The third-order valence-corrected chi connectivity index (χ3v) is 5.52. The molecule has 0 radical (unpaired) electrons. The van der Waals surface area contributed by atoms with Crippen molar-refractivity contribution < 1.29 is 17.5 Å². The average Bonchev–Trinajstić information content (AvgIpc) is 2.50. The normalized spacial score (nSPS) is 11.5. The first kappa shape index (κ1) is 17.5. The van der Waals surface area contributed by atoms with E-state index in [4.69, 9.17) is 4.74 Å². The molecule has 0 amide bonds. The first-order valence-corrected chi connectivity index (χ1v) is 9.24. The Hall–Kier alpha value is -1.88. The molecule has 0 atom stereocenters. The largest absolute Gasteiger partial charge is 0.457 e. The summed E-state index contributed by atoms with van der Waals surface area (Å²) in [5.41, 5.74) is 2.22. The molecule has 124 valence electrons. The van der Waals surface area contributed by atoms with E-state index in [1.54, 1.807) is 39.0 Å². The highest BCUT2D eigenvalue weighted by atomic mass is 32.2. The van der Waals surface area contributed by atoms with Crippen molar-refractivity contribution in [2.45, 2.75) is 39.0 Å². The zero-order valence-electron chi connectivity index (χ0n) is 13.8. The predicted molar refractivity (Wildman–Crippen MR) is 89.5 cm³/mol. The van der Waals surface area contributed by atoms with Crippen molar-refractivity contribution in [2.24, 2.45) is 0 Å². The van der Waals surface area contributed by atoms with E-state index in [1.807, 2.05) is 6.92 Å². The Kier molecular flexibility index (Phi) is 5.09. The lowest BCUT2D eigenvalue weighted by atomic mass is 10.1. The third kappa shape index (κ3) is 3.72. The second kappa shape index (κ2) is 6.71. The maximum absolute atomic E-state index is 13.4. The van der Waals surface area contributed by atoms with Crippen molar-refractivity contribution in [3.63, 3.8) is 0 Å². The zero-order valence-corrected chi connectivity index (χ0v) is 14.6. The van der Waals surface area contributed by atoms with E-state index in [-0.39, 0.29) is 11.6 Å². The van der Waals surface area contributed by atoms with Crippen LogP contribution in [-0.4, -0.2) is 14.2 Å². The van der Waals surface area contributed by atoms with Crippen LogP contribution in [0.25, 0.3) is 0 Å². The Morgan fingerprint density at radius 1 is 1.04 bits per heavy atom. The van der Waals surface area contributed by atoms with Gasteiger partial charge in [-0.1, -0.05) is 13.8 Å². The van der Waals surface area contributed by atoms with Crippen LogP contribution in [0.5, 0.6) is 11.5 Å². The lowest BCUT2D eigenvalue weighted by Crippen LogP contribution is -2.05. The summed E-state index contributed by atoms with van der Waals surface area (Å²) in [5.74, 6) is 0.965. The molecule has 3 nitrogen and oxygen atoms in total. The highest BCUT2D eigenvalue weighted by Gasteiger charge is 2.16. The van der Waals surface area contributed by atoms with E-state index < -0.39 is 9.84 Å². The number of ether oxygens (including phenoxy) is 1. The van der Waals surface area contributed by atoms with E-state index in [0.29, 0.717) is 33.9 Å². The van der Waals surface area contributed by atoms with Gasteiger partial charge in [0.05, 0.1) is 10.6 Å². The lowest BCUT2D eigenvalue weighted by Gasteiger charge is -2.15. The number of halogens is 1. The molecule has 0 bridgehead atoms. The second-order valence-corrected chi connectivity index (χ2v) is 7.78. The van der Waals surface area contributed by atoms with Gasteiger partial charge in [-0.05, 0) is 67.3 Å². The minimum atomic E-state index is -3.25. The lowest BCUT2D eigenvalue weighted by molar-refractivity contribution is 0.466. The Morgan fingerprint density at radius 2 is 1.65 bits per heavy atom. The smallest absolute Gasteiger partial charge is 0.178 e. The second-order valence-electron chi connectivity index (χ2n) is 5.50. The number of hydrogen-bond donors (Lipinski definition) is 0. The first-order valence-electron chi connectivity index (χ1n) is 7.58. The SMILES string of the molecule is CCc1cc(S(=O)(=O)CC)ccc1Oc1c(C)cc(F)cc1C. The third-order valence-electron chi connectivity index (χ3n) is 3.79. The van der Waals surface area contributed by atoms with Gasteiger partial charge < -0.3 is 4.74 Å². The topological polar surface area (TPSA) is 43.4 Å². The molecule has 23 heavy (non-hydrogen) atoms. The highest BCUT2D eigenvalue weighted by Crippen LogP contribution is 2.33. The summed E-state index contributed by atoms with van der Waals surface area (Å²) in [5, 5.41) is 0. The van der Waals surface area contributed by atoms with Gasteiger partial charge in [-0.25, -0.2) is 12.8 Å². The molecular weight excluding hydrogens is 315 g/mol. The van der Waals surface area contributed by atoms with Crippen LogP contribution in [0.3, 0.4) is 0 Å². The molecule has 0 aliphatic carbocycles. The van der Waals surface area contributed by atoms with Gasteiger partial charge in [0.25, 0.3) is 0 Å². The average molecular weight is 336 g/mol. The molecule has 2 aromatic carbocycles. The van der Waals surface area contributed by atoms with Crippen LogP contribution in [0.15, 0.2) is 35.2 Å². The zero-order chi connectivity index (χ0) is 17.2. The standard InChI is InChI=1S/C18H21FO3S/c1-5-14-11-16(23(20,21)6-2)7-8-17(14)22-18-12(3)9-15(19)10-13(18)4/h7-11H,5-6H2,1-4H3. The van der Waals surface area contributed by atoms with Gasteiger partial charge in [-0.2, -0.15) is 0 Å². The number of hydrogen-bond acceptors (Lipinski definition) is 3. The molecule has 2 rings (SSSR count). The van der Waals surface area contributed by atoms with Crippen LogP contribution in [0, 0.1) is 19.7 Å². The summed E-state index contributed by atoms with van der Waals surface area (Å²) in [6.07, 6.45) is 0.641. The summed E-state index contributed by atoms with van der Waals surface area (Å²) in [4.78, 5) is 0.303. The molecule has 0 fully saturated rings. The van der Waals surface area contributed by atoms with Gasteiger partial charge in [0.1, 0.15) is 17.3 Å². The van der Waals surface area contributed by atoms with Gasteiger partial charge in [0, 0.05) is 0 Å². The summed E-state index contributed by atoms with van der Waals surface area (Å²) in [7, 11) is -3.25. The molecule has 0 aromatic heterocycles. The Balaban J connectivity index is 2.46. The quantitative estimate of drug-likeness (QED) is 0.802. The number of sulfone groups is 1. The van der Waals surface area contributed by atoms with Crippen molar-refractivity contribution in [1.82, 2.24) is 0 Å². The minimum absolute atomic E-state index is 0.0620. The first-order chi connectivity index (χ1) is 10.8. The van der Waals surface area contributed by atoms with Crippen molar-refractivity contribution in [1.29, 1.82) is 0 Å². The molecule has 0 saturated carbocycles. The molecule has 0 heterocycles. The van der Waals surface area contributed by atoms with E-state index >= 15 is 0 Å². The summed E-state index contributed by atoms with van der Waals surface area (Å²) in [6, 6.07) is 7.72. The van der Waals surface area contributed by atoms with Crippen molar-refractivity contribution in [2.75, 3.05) is 5.75 Å². The molecular formula is C18H21FO3S. The fourth-order valence-electron chi connectivity index (χ4n) is 2.46. The molecule has 0 saturated heterocycles. The molecule has 0 N–H and O–H groups in total. The van der Waals surface area contributed by atoms with Crippen LogP contribution in [-0.2, 0) is 16.3 Å². The summed E-state index contributed by atoms with van der Waals surface area (Å²) in [6.45, 7) is 7.13. The fourth-order valence-corrected chi connectivity index (χ4v) is 3.39. The molecule has 0 aliphatic heterocycles. The van der Waals surface area contributed by atoms with Crippen LogP contribution >= 0.6 is 0 Å². The van der Waals surface area contributed by atoms with E-state index in [2.05, 4.69) is 0 Å². The molecule has 5 heteroatoms. The van der Waals surface area contributed by atoms with Gasteiger partial charge in [-0.3, -0.25) is 0 Å². The van der Waals surface area contributed by atoms with Gasteiger partial charge in [0.15, 0.2) is 9.84 Å². The van der Waals surface area contributed by atoms with Crippen molar-refractivity contribution in [3.8, 4) is 11.5 Å². The Bertz CT molecular complexity index is 803. The number of benzene rings is 2. The molecule has 0 aliphatic rings. The Morgan fingerprint density at radius 3 is 2.17 bits per heavy atom. The summed E-state index contributed by atoms with van der Waals surface area (Å²) < 4.78 is 43.4. The monoisotopic (exact) mass is 336 g/mol. The van der Waals surface area contributed by atoms with E-state index in [9.17, 15) is 12.8 Å². The Labute approximate surface area is 137 Å². The van der Waals surface area contributed by atoms with E-state index in [0.717, 1.165) is 5.56 Å². The van der Waals surface area contributed by atoms with Crippen LogP contribution in [0.4, 0.5) is 4.39 Å². The van der Waals surface area contributed by atoms with Gasteiger partial charge in [-0.15, -0.1) is 0 Å². The highest BCUT2D eigenvalue weighted by molar-refractivity contribution is 7.91. The maximum atomic E-state index is 13.4. The number of aryl methyl sites for hydroxylation is 3. The van der Waals surface area contributed by atoms with Crippen LogP contribution in [0.2, 0.25) is 0 Å². The molecule has 0 spiro atoms. The van der Waals surface area contributed by atoms with Gasteiger partial charge in [0.2, 0.25) is 0 Å². The van der Waals surface area contributed by atoms with Crippen LogP contribution in [0.1, 0.15) is 30.5 Å². The van der Waals surface area contributed by atoms with Gasteiger partial charge >= 0.3 is 0 Å². The van der Waals surface area contributed by atoms with E-state index in [1.165, 1.54) is 12.1 Å². The predicted octanol–water partition coefficient (Wildman–Crippen LogP) is 4.59. The van der Waals surface area contributed by atoms with Crippen LogP contribution < -0.4 is 4.74 Å². The molecule has 0 unspecified atom stereocenters. The number of rotatable bonds is 5. The fraction of sp³-hybridized carbons (Fsp3) is 0.333. The van der Waals surface area contributed by atoms with Crippen molar-refractivity contribution >= 4 is 9.84 Å². The minimum Gasteiger partial charge on any atom is -0.457 e. The summed E-state index contributed by atoms with van der Waals surface area (Å²) >= 11 is 0. The molecule has 2 aromatic rings.